The number of methoxy groups -OCH3 is 1. The first-order valence-electron chi connectivity index (χ1n) is 9.87. The van der Waals surface area contributed by atoms with Gasteiger partial charge >= 0.3 is 0 Å². The molecule has 8 heteroatoms. The number of quaternary nitrogens is 1. The van der Waals surface area contributed by atoms with Crippen LogP contribution in [0.1, 0.15) is 24.5 Å². The Bertz CT molecular complexity index is 1030. The Morgan fingerprint density at radius 3 is 2.73 bits per heavy atom. The van der Waals surface area contributed by atoms with Gasteiger partial charge in [0.2, 0.25) is 5.54 Å². The van der Waals surface area contributed by atoms with Crippen molar-refractivity contribution in [2.24, 2.45) is 5.73 Å². The lowest BCUT2D eigenvalue weighted by Crippen LogP contribution is -2.70. The molecule has 158 valence electrons. The molecule has 0 bridgehead atoms. The molecule has 3 unspecified atom stereocenters. The summed E-state index contributed by atoms with van der Waals surface area (Å²) in [6.45, 7) is 2.13. The Hall–Kier alpha value is -2.64. The lowest BCUT2D eigenvalue weighted by molar-refractivity contribution is -0.969. The number of nitrogens with two attached hydrogens (primary N) is 1. The minimum Gasteiger partial charge on any atom is -0.496 e. The van der Waals surface area contributed by atoms with E-state index in [1.54, 1.807) is 42.5 Å². The second-order valence-corrected chi connectivity index (χ2v) is 8.28. The van der Waals surface area contributed by atoms with Gasteiger partial charge in [-0.3, -0.25) is 14.1 Å². The summed E-state index contributed by atoms with van der Waals surface area (Å²) in [6, 6.07) is 11.4. The SMILES string of the molecule is CC[N+]1(C2(c3ccccc3OC)C(=O)Nc3ccc(Cl)cc32)CC(F)C[C@H]1C(N)=O. The van der Waals surface area contributed by atoms with Gasteiger partial charge in [-0.1, -0.05) is 23.7 Å². The topological polar surface area (TPSA) is 81.4 Å². The summed E-state index contributed by atoms with van der Waals surface area (Å²) in [5.41, 5.74) is 6.04. The van der Waals surface area contributed by atoms with E-state index >= 15 is 0 Å². The number of primary amides is 1. The number of carbonyl (C=O) groups is 2. The third kappa shape index (κ3) is 2.58. The molecular weight excluding hydrogens is 409 g/mol. The van der Waals surface area contributed by atoms with Gasteiger partial charge in [0, 0.05) is 11.4 Å². The Balaban J connectivity index is 2.16. The van der Waals surface area contributed by atoms with Crippen LogP contribution in [0.15, 0.2) is 42.5 Å². The number of likely N-dealkylation sites (tertiary alicyclic amines) is 1. The van der Waals surface area contributed by atoms with Crippen molar-refractivity contribution in [2.75, 3.05) is 25.5 Å². The fourth-order valence-corrected chi connectivity index (χ4v) is 5.64. The van der Waals surface area contributed by atoms with E-state index in [4.69, 9.17) is 22.1 Å². The molecule has 0 radical (unpaired) electrons. The molecule has 1 fully saturated rings. The molecule has 4 rings (SSSR count). The van der Waals surface area contributed by atoms with Crippen molar-refractivity contribution in [3.8, 4) is 5.75 Å². The van der Waals surface area contributed by atoms with Crippen LogP contribution in [-0.2, 0) is 15.1 Å². The van der Waals surface area contributed by atoms with Crippen molar-refractivity contribution in [2.45, 2.75) is 31.1 Å². The number of hydrogen-bond acceptors (Lipinski definition) is 3. The van der Waals surface area contributed by atoms with Crippen LogP contribution >= 0.6 is 11.6 Å². The smallest absolute Gasteiger partial charge is 0.295 e. The highest BCUT2D eigenvalue weighted by atomic mass is 35.5. The van der Waals surface area contributed by atoms with Crippen LogP contribution in [0.5, 0.6) is 5.75 Å². The molecule has 30 heavy (non-hydrogen) atoms. The van der Waals surface area contributed by atoms with Gasteiger partial charge in [-0.15, -0.1) is 0 Å². The maximum Gasteiger partial charge on any atom is 0.295 e. The van der Waals surface area contributed by atoms with Crippen LogP contribution in [0.3, 0.4) is 0 Å². The molecule has 2 aliphatic rings. The Morgan fingerprint density at radius 1 is 1.33 bits per heavy atom. The first kappa shape index (κ1) is 20.6. The van der Waals surface area contributed by atoms with Gasteiger partial charge in [-0.05, 0) is 37.3 Å². The van der Waals surface area contributed by atoms with Gasteiger partial charge in [0.15, 0.2) is 12.2 Å². The number of halogens is 2. The summed E-state index contributed by atoms with van der Waals surface area (Å²) in [5.74, 6) is -0.516. The minimum atomic E-state index is -1.44. The number of fused-ring (bicyclic) bond motifs is 1. The van der Waals surface area contributed by atoms with Crippen LogP contribution in [0.2, 0.25) is 5.02 Å². The van der Waals surface area contributed by atoms with E-state index in [-0.39, 0.29) is 23.4 Å². The number of nitrogens with zero attached hydrogens (tertiary/aromatic N) is 1. The Kier molecular flexibility index (Phi) is 4.98. The predicted molar refractivity (Wildman–Crippen MR) is 112 cm³/mol. The molecule has 2 aromatic rings. The van der Waals surface area contributed by atoms with Gasteiger partial charge in [0.25, 0.3) is 11.8 Å². The maximum atomic E-state index is 14.9. The highest BCUT2D eigenvalue weighted by molar-refractivity contribution is 6.31. The highest BCUT2D eigenvalue weighted by Crippen LogP contribution is 2.55. The minimum absolute atomic E-state index is 0.0263. The molecule has 3 N–H and O–H groups in total. The summed E-state index contributed by atoms with van der Waals surface area (Å²) in [5, 5.41) is 3.37. The molecule has 4 atom stereocenters. The van der Waals surface area contributed by atoms with Gasteiger partial charge in [0.05, 0.1) is 30.5 Å². The monoisotopic (exact) mass is 432 g/mol. The number of nitrogens with one attached hydrogen (secondary N) is 1. The van der Waals surface area contributed by atoms with Gasteiger partial charge in [-0.25, -0.2) is 4.39 Å². The number of likely N-dealkylation sites (N-methyl/N-ethyl adjacent to an activating group) is 1. The van der Waals surface area contributed by atoms with Crippen molar-refractivity contribution >= 4 is 29.1 Å². The number of benzene rings is 2. The van der Waals surface area contributed by atoms with E-state index in [0.717, 1.165) is 0 Å². The zero-order chi connectivity index (χ0) is 21.7. The van der Waals surface area contributed by atoms with E-state index in [2.05, 4.69) is 5.32 Å². The first-order valence-corrected chi connectivity index (χ1v) is 10.2. The molecule has 0 aromatic heterocycles. The predicted octanol–water partition coefficient (Wildman–Crippen LogP) is 2.98. The van der Waals surface area contributed by atoms with Crippen LogP contribution < -0.4 is 15.8 Å². The van der Waals surface area contributed by atoms with Gasteiger partial charge in [0.1, 0.15) is 12.3 Å². The summed E-state index contributed by atoms with van der Waals surface area (Å²) in [6.07, 6.45) is -1.31. The van der Waals surface area contributed by atoms with Crippen molar-refractivity contribution in [3.05, 3.63) is 58.6 Å². The van der Waals surface area contributed by atoms with E-state index in [1.165, 1.54) is 7.11 Å². The fourth-order valence-electron chi connectivity index (χ4n) is 5.47. The third-order valence-electron chi connectivity index (χ3n) is 6.61. The summed E-state index contributed by atoms with van der Waals surface area (Å²) < 4.78 is 20.4. The quantitative estimate of drug-likeness (QED) is 0.713. The van der Waals surface area contributed by atoms with Gasteiger partial charge in [-0.2, -0.15) is 0 Å². The van der Waals surface area contributed by atoms with E-state index < -0.39 is 23.7 Å². The van der Waals surface area contributed by atoms with E-state index in [1.807, 2.05) is 6.92 Å². The maximum absolute atomic E-state index is 14.9. The molecular formula is C22H24ClFN3O3+. The number of alkyl halides is 1. The van der Waals surface area contributed by atoms with Crippen LogP contribution in [0.25, 0.3) is 0 Å². The van der Waals surface area contributed by atoms with Crippen LogP contribution in [0, 0.1) is 0 Å². The molecule has 2 aromatic carbocycles. The van der Waals surface area contributed by atoms with Crippen molar-refractivity contribution < 1.29 is 23.2 Å². The molecule has 0 spiro atoms. The highest BCUT2D eigenvalue weighted by Gasteiger charge is 2.70. The lowest BCUT2D eigenvalue weighted by atomic mass is 9.78. The summed E-state index contributed by atoms with van der Waals surface area (Å²) in [4.78, 5) is 26.4. The third-order valence-corrected chi connectivity index (χ3v) is 6.84. The van der Waals surface area contributed by atoms with E-state index in [9.17, 15) is 14.0 Å². The summed E-state index contributed by atoms with van der Waals surface area (Å²) >= 11 is 6.34. The number of hydrogen-bond donors (Lipinski definition) is 2. The number of rotatable bonds is 5. The molecule has 2 aliphatic heterocycles. The number of anilines is 1. The molecule has 0 aliphatic carbocycles. The average molecular weight is 433 g/mol. The largest absolute Gasteiger partial charge is 0.496 e. The standard InChI is InChI=1S/C22H23ClFN3O3/c1-3-27(12-14(24)11-18(27)20(25)28)22(15-6-4-5-7-19(15)30-2)16-10-13(23)8-9-17(16)26-21(22)29/h4-10,14,18H,3,11-12H2,1-2H3,(H2-,25,26,28,29)/p+1/t14?,18-,22?,27?/m0/s1. The second kappa shape index (κ2) is 7.25. The van der Waals surface area contributed by atoms with Crippen molar-refractivity contribution in [1.29, 1.82) is 0 Å². The number of para-hydroxylation sites is 1. The zero-order valence-corrected chi connectivity index (χ0v) is 17.6. The average Bonchev–Trinajstić information content (AvgIpc) is 3.22. The van der Waals surface area contributed by atoms with Crippen LogP contribution in [0.4, 0.5) is 10.1 Å². The fraction of sp³-hybridized carbons (Fsp3) is 0.364. The normalized spacial score (nSPS) is 30.1. The molecule has 6 nitrogen and oxygen atoms in total. The molecule has 1 saturated heterocycles. The molecule has 0 saturated carbocycles. The molecule has 2 heterocycles. The Morgan fingerprint density at radius 2 is 2.07 bits per heavy atom. The first-order chi connectivity index (χ1) is 14.3. The zero-order valence-electron chi connectivity index (χ0n) is 16.8. The number of carbonyl (C=O) groups excluding carboxylic acids is 2. The van der Waals surface area contributed by atoms with Gasteiger partial charge < -0.3 is 15.8 Å². The van der Waals surface area contributed by atoms with Crippen molar-refractivity contribution in [3.63, 3.8) is 0 Å². The Labute approximate surface area is 179 Å². The molecule has 2 amide bonds. The lowest BCUT2D eigenvalue weighted by Gasteiger charge is -2.50. The van der Waals surface area contributed by atoms with E-state index in [0.29, 0.717) is 34.1 Å². The van der Waals surface area contributed by atoms with Crippen LogP contribution in [-0.4, -0.2) is 48.7 Å². The van der Waals surface area contributed by atoms with Crippen molar-refractivity contribution in [1.82, 2.24) is 0 Å². The number of amides is 2. The summed E-state index contributed by atoms with van der Waals surface area (Å²) in [7, 11) is 1.52. The number of ether oxygens (including phenoxy) is 1. The second-order valence-electron chi connectivity index (χ2n) is 7.84.